The first kappa shape index (κ1) is 22.2. The molecule has 9 heteroatoms. The van der Waals surface area contributed by atoms with Crippen LogP contribution in [0, 0.1) is 5.41 Å². The first-order chi connectivity index (χ1) is 14.6. The van der Waals surface area contributed by atoms with Crippen LogP contribution in [0.3, 0.4) is 0 Å². The van der Waals surface area contributed by atoms with Crippen molar-refractivity contribution in [1.29, 1.82) is 0 Å². The summed E-state index contributed by atoms with van der Waals surface area (Å²) in [7, 11) is 0. The fraction of sp³-hybridized carbons (Fsp3) is 0.273. The minimum atomic E-state index is -1.06. The summed E-state index contributed by atoms with van der Waals surface area (Å²) in [6, 6.07) is 12.5. The maximum Gasteiger partial charge on any atom is 0.405 e. The van der Waals surface area contributed by atoms with Crippen LogP contribution < -0.4 is 16.4 Å². The summed E-state index contributed by atoms with van der Waals surface area (Å²) in [5.74, 6) is 0.00932. The third-order valence-electron chi connectivity index (χ3n) is 4.66. The molecule has 0 saturated heterocycles. The summed E-state index contributed by atoms with van der Waals surface area (Å²) >= 11 is 1.33. The number of hydrogen-bond donors (Lipinski definition) is 4. The first-order valence-corrected chi connectivity index (χ1v) is 10.5. The average Bonchev–Trinajstić information content (AvgIpc) is 3.20. The van der Waals surface area contributed by atoms with E-state index in [4.69, 9.17) is 10.8 Å². The van der Waals surface area contributed by atoms with Gasteiger partial charge >= 0.3 is 6.09 Å². The third kappa shape index (κ3) is 5.79. The Morgan fingerprint density at radius 3 is 2.45 bits per heavy atom. The highest BCUT2D eigenvalue weighted by Crippen LogP contribution is 2.33. The molecule has 1 unspecified atom stereocenters. The van der Waals surface area contributed by atoms with Gasteiger partial charge in [0.1, 0.15) is 0 Å². The molecule has 2 amide bonds. The van der Waals surface area contributed by atoms with Crippen molar-refractivity contribution in [3.8, 4) is 10.6 Å². The highest BCUT2D eigenvalue weighted by atomic mass is 32.1. The first-order valence-electron chi connectivity index (χ1n) is 9.68. The zero-order chi connectivity index (χ0) is 22.6. The van der Waals surface area contributed by atoms with Gasteiger partial charge in [-0.25, -0.2) is 14.8 Å². The Morgan fingerprint density at radius 1 is 1.13 bits per heavy atom. The maximum atomic E-state index is 12.5. The molecule has 0 fully saturated rings. The van der Waals surface area contributed by atoms with Crippen LogP contribution in [0.5, 0.6) is 0 Å². The van der Waals surface area contributed by atoms with Crippen molar-refractivity contribution in [1.82, 2.24) is 20.6 Å². The lowest BCUT2D eigenvalue weighted by Gasteiger charge is -2.31. The van der Waals surface area contributed by atoms with Gasteiger partial charge in [0.05, 0.1) is 21.5 Å². The number of nitrogens with one attached hydrogen (secondary N) is 2. The number of nitrogens with two attached hydrogens (primary N) is 1. The van der Waals surface area contributed by atoms with Crippen LogP contribution in [0.15, 0.2) is 48.7 Å². The zero-order valence-electron chi connectivity index (χ0n) is 17.5. The van der Waals surface area contributed by atoms with Gasteiger partial charge in [0.25, 0.3) is 5.91 Å². The van der Waals surface area contributed by atoms with E-state index in [9.17, 15) is 9.59 Å². The number of carbonyl (C=O) groups is 2. The fourth-order valence-electron chi connectivity index (χ4n) is 3.13. The van der Waals surface area contributed by atoms with Crippen molar-refractivity contribution in [2.24, 2.45) is 5.41 Å². The molecular weight excluding hydrogens is 414 g/mol. The molecule has 5 N–H and O–H groups in total. The number of thiophene rings is 1. The second-order valence-electron chi connectivity index (χ2n) is 8.14. The standard InChI is InChI=1S/C22H25N5O3S/c1-22(2,3)18(27-21(29)30)14-6-4-13(5-7-14)12-25-19(28)17-9-8-16(31-17)15-10-11-24-20(23)26-15/h4-11,18,27H,12H2,1-3H3,(H,25,28)(H,29,30)(H2,23,24,26). The van der Waals surface area contributed by atoms with Gasteiger partial charge in [0, 0.05) is 12.7 Å². The molecule has 0 spiro atoms. The third-order valence-corrected chi connectivity index (χ3v) is 5.76. The van der Waals surface area contributed by atoms with E-state index >= 15 is 0 Å². The summed E-state index contributed by atoms with van der Waals surface area (Å²) in [4.78, 5) is 33.1. The molecular formula is C22H25N5O3S. The van der Waals surface area contributed by atoms with Crippen molar-refractivity contribution in [2.45, 2.75) is 33.4 Å². The Hall–Kier alpha value is -3.46. The predicted octanol–water partition coefficient (Wildman–Crippen LogP) is 4.07. The lowest BCUT2D eigenvalue weighted by Crippen LogP contribution is -2.35. The lowest BCUT2D eigenvalue weighted by molar-refractivity contribution is 0.0955. The Morgan fingerprint density at radius 2 is 1.84 bits per heavy atom. The molecule has 0 radical (unpaired) electrons. The number of benzene rings is 1. The minimum Gasteiger partial charge on any atom is -0.465 e. The van der Waals surface area contributed by atoms with Crippen LogP contribution in [0.2, 0.25) is 0 Å². The van der Waals surface area contributed by atoms with Crippen LogP contribution in [0.1, 0.15) is 47.6 Å². The molecule has 1 atom stereocenters. The highest BCUT2D eigenvalue weighted by Gasteiger charge is 2.27. The van der Waals surface area contributed by atoms with Crippen molar-refractivity contribution >= 4 is 29.3 Å². The number of anilines is 1. The van der Waals surface area contributed by atoms with E-state index in [-0.39, 0.29) is 23.3 Å². The molecule has 162 valence electrons. The molecule has 31 heavy (non-hydrogen) atoms. The Labute approximate surface area is 184 Å². The molecule has 0 aliphatic heterocycles. The second kappa shape index (κ2) is 9.13. The molecule has 0 bridgehead atoms. The van der Waals surface area contributed by atoms with Crippen LogP contribution in [0.25, 0.3) is 10.6 Å². The van der Waals surface area contributed by atoms with Crippen LogP contribution >= 0.6 is 11.3 Å². The maximum absolute atomic E-state index is 12.5. The van der Waals surface area contributed by atoms with Crippen molar-refractivity contribution < 1.29 is 14.7 Å². The summed E-state index contributed by atoms with van der Waals surface area (Å²) in [6.45, 7) is 6.30. The summed E-state index contributed by atoms with van der Waals surface area (Å²) in [5, 5.41) is 14.6. The summed E-state index contributed by atoms with van der Waals surface area (Å²) < 4.78 is 0. The smallest absolute Gasteiger partial charge is 0.405 e. The number of rotatable bonds is 6. The number of nitrogens with zero attached hydrogens (tertiary/aromatic N) is 2. The highest BCUT2D eigenvalue weighted by molar-refractivity contribution is 7.17. The average molecular weight is 440 g/mol. The topological polar surface area (TPSA) is 130 Å². The molecule has 8 nitrogen and oxygen atoms in total. The number of carboxylic acid groups (broad SMARTS) is 1. The molecule has 3 aromatic rings. The molecule has 0 aliphatic rings. The number of amides is 2. The molecule has 2 heterocycles. The van der Waals surface area contributed by atoms with Crippen LogP contribution in [-0.2, 0) is 6.54 Å². The van der Waals surface area contributed by atoms with Gasteiger partial charge < -0.3 is 21.5 Å². The van der Waals surface area contributed by atoms with E-state index in [1.165, 1.54) is 11.3 Å². The van der Waals surface area contributed by atoms with E-state index < -0.39 is 6.09 Å². The number of nitrogen functional groups attached to an aromatic ring is 1. The monoisotopic (exact) mass is 439 g/mol. The van der Waals surface area contributed by atoms with Crippen molar-refractivity contribution in [2.75, 3.05) is 5.73 Å². The Kier molecular flexibility index (Phi) is 6.55. The van der Waals surface area contributed by atoms with Gasteiger partial charge in [-0.15, -0.1) is 11.3 Å². The number of aromatic nitrogens is 2. The van der Waals surface area contributed by atoms with Gasteiger partial charge in [0.2, 0.25) is 5.95 Å². The van der Waals surface area contributed by atoms with Crippen LogP contribution in [-0.4, -0.2) is 27.1 Å². The van der Waals surface area contributed by atoms with E-state index in [1.54, 1.807) is 18.3 Å². The predicted molar refractivity (Wildman–Crippen MR) is 121 cm³/mol. The zero-order valence-corrected chi connectivity index (χ0v) is 18.4. The van der Waals surface area contributed by atoms with Gasteiger partial charge in [-0.2, -0.15) is 0 Å². The van der Waals surface area contributed by atoms with Crippen LogP contribution in [0.4, 0.5) is 10.7 Å². The lowest BCUT2D eigenvalue weighted by atomic mass is 9.82. The quantitative estimate of drug-likeness (QED) is 0.458. The molecule has 2 aromatic heterocycles. The summed E-state index contributed by atoms with van der Waals surface area (Å²) in [6.07, 6.45) is 0.521. The fourth-order valence-corrected chi connectivity index (χ4v) is 4.02. The molecule has 0 saturated carbocycles. The van der Waals surface area contributed by atoms with E-state index in [0.717, 1.165) is 16.0 Å². The molecule has 3 rings (SSSR count). The largest absolute Gasteiger partial charge is 0.465 e. The van der Waals surface area contributed by atoms with E-state index in [1.807, 2.05) is 51.1 Å². The normalized spacial score (nSPS) is 12.2. The van der Waals surface area contributed by atoms with Gasteiger partial charge in [0.15, 0.2) is 0 Å². The number of carbonyl (C=O) groups excluding carboxylic acids is 1. The van der Waals surface area contributed by atoms with Gasteiger partial charge in [-0.05, 0) is 34.7 Å². The minimum absolute atomic E-state index is 0.178. The number of hydrogen-bond acceptors (Lipinski definition) is 6. The van der Waals surface area contributed by atoms with Crippen molar-refractivity contribution in [3.05, 3.63) is 64.7 Å². The van der Waals surface area contributed by atoms with Gasteiger partial charge in [-0.3, -0.25) is 4.79 Å². The Balaban J connectivity index is 1.64. The molecule has 0 aliphatic carbocycles. The van der Waals surface area contributed by atoms with E-state index in [0.29, 0.717) is 17.1 Å². The molecule has 1 aromatic carbocycles. The van der Waals surface area contributed by atoms with Gasteiger partial charge in [-0.1, -0.05) is 45.0 Å². The summed E-state index contributed by atoms with van der Waals surface area (Å²) in [5.41, 5.74) is 7.81. The Bertz CT molecular complexity index is 1070. The second-order valence-corrected chi connectivity index (χ2v) is 9.22. The van der Waals surface area contributed by atoms with E-state index in [2.05, 4.69) is 20.6 Å². The van der Waals surface area contributed by atoms with Crippen molar-refractivity contribution in [3.63, 3.8) is 0 Å². The SMILES string of the molecule is CC(C)(C)C(NC(=O)O)c1ccc(CNC(=O)c2ccc(-c3ccnc(N)n3)s2)cc1.